The number of hydrogen-bond donors (Lipinski definition) is 1. The lowest BCUT2D eigenvalue weighted by Gasteiger charge is -2.25. The molecule has 0 atom stereocenters. The molecule has 4 rings (SSSR count). The number of aromatic nitrogens is 4. The van der Waals surface area contributed by atoms with E-state index in [4.69, 9.17) is 49.9 Å². The molecule has 0 spiro atoms. The van der Waals surface area contributed by atoms with Gasteiger partial charge in [-0.3, -0.25) is 0 Å². The molecule has 0 aliphatic rings. The van der Waals surface area contributed by atoms with E-state index in [0.29, 0.717) is 51.7 Å². The minimum atomic E-state index is 0.0919. The van der Waals surface area contributed by atoms with E-state index in [2.05, 4.69) is 43.0 Å². The maximum atomic E-state index is 9.59. The number of rotatable bonds is 9. The van der Waals surface area contributed by atoms with E-state index < -0.39 is 0 Å². The van der Waals surface area contributed by atoms with E-state index in [-0.39, 0.29) is 6.61 Å². The Morgan fingerprint density at radius 2 is 1.69 bits per heavy atom. The summed E-state index contributed by atoms with van der Waals surface area (Å²) in [5, 5.41) is 16.6. The first kappa shape index (κ1) is 25.7. The molecular weight excluding hydrogens is 505 g/mol. The first-order valence-electron chi connectivity index (χ1n) is 11.6. The van der Waals surface area contributed by atoms with Gasteiger partial charge >= 0.3 is 0 Å². The average molecular weight is 533 g/mol. The van der Waals surface area contributed by atoms with Crippen LogP contribution in [0.25, 0.3) is 16.7 Å². The van der Waals surface area contributed by atoms with Crippen LogP contribution in [0.4, 0.5) is 5.82 Å². The first-order valence-corrected chi connectivity index (χ1v) is 12.8. The molecule has 0 unspecified atom stereocenters. The van der Waals surface area contributed by atoms with Gasteiger partial charge in [0, 0.05) is 24.7 Å². The highest BCUT2D eigenvalue weighted by Crippen LogP contribution is 2.37. The van der Waals surface area contributed by atoms with Crippen LogP contribution in [-0.4, -0.2) is 38.0 Å². The van der Waals surface area contributed by atoms with Crippen molar-refractivity contribution in [3.05, 3.63) is 74.1 Å². The van der Waals surface area contributed by atoms with E-state index >= 15 is 0 Å². The Labute approximate surface area is 220 Å². The van der Waals surface area contributed by atoms with Crippen LogP contribution in [0, 0.1) is 13.8 Å². The number of fused-ring (bicyclic) bond motifs is 1. The Balaban J connectivity index is 1.94. The zero-order valence-electron chi connectivity index (χ0n) is 20.0. The summed E-state index contributed by atoms with van der Waals surface area (Å²) in [6.45, 7) is 7.41. The number of aliphatic hydroxyl groups excluding tert-OH is 1. The van der Waals surface area contributed by atoms with Gasteiger partial charge in [0.25, 0.3) is 0 Å². The van der Waals surface area contributed by atoms with Crippen molar-refractivity contribution in [1.29, 1.82) is 0 Å². The summed E-state index contributed by atoms with van der Waals surface area (Å²) in [6, 6.07) is 11.7. The van der Waals surface area contributed by atoms with Gasteiger partial charge in [-0.05, 0) is 44.4 Å². The summed E-state index contributed by atoms with van der Waals surface area (Å²) >= 11 is 19.3. The number of hydrogen-bond acceptors (Lipinski definition) is 5. The van der Waals surface area contributed by atoms with Crippen LogP contribution in [0.5, 0.6) is 0 Å². The third-order valence-corrected chi connectivity index (χ3v) is 6.55. The Morgan fingerprint density at radius 1 is 1.00 bits per heavy atom. The molecule has 1 N–H and O–H groups in total. The molecule has 2 aromatic carbocycles. The van der Waals surface area contributed by atoms with Crippen LogP contribution >= 0.6 is 34.8 Å². The Hall–Kier alpha value is -2.38. The zero-order chi connectivity index (χ0) is 25.1. The van der Waals surface area contributed by atoms with Gasteiger partial charge < -0.3 is 10.0 Å². The van der Waals surface area contributed by atoms with Gasteiger partial charge in [-0.2, -0.15) is 5.10 Å². The lowest BCUT2D eigenvalue weighted by atomic mass is 10.1. The van der Waals surface area contributed by atoms with Crippen LogP contribution in [0.1, 0.15) is 42.4 Å². The third kappa shape index (κ3) is 5.56. The quantitative estimate of drug-likeness (QED) is 0.259. The van der Waals surface area contributed by atoms with Crippen molar-refractivity contribution >= 4 is 51.7 Å². The normalized spacial score (nSPS) is 11.4. The lowest BCUT2D eigenvalue weighted by Crippen LogP contribution is -2.26. The van der Waals surface area contributed by atoms with Gasteiger partial charge in [0.2, 0.25) is 0 Å². The van der Waals surface area contributed by atoms with Gasteiger partial charge in [-0.15, -0.1) is 0 Å². The molecule has 184 valence electrons. The minimum absolute atomic E-state index is 0.0919. The molecule has 2 aromatic heterocycles. The summed E-state index contributed by atoms with van der Waals surface area (Å²) in [4.78, 5) is 11.8. The molecule has 6 nitrogen and oxygen atoms in total. The largest absolute Gasteiger partial charge is 0.396 e. The number of aryl methyl sites for hydroxylation is 3. The molecule has 0 saturated heterocycles. The Kier molecular flexibility index (Phi) is 8.17. The van der Waals surface area contributed by atoms with Gasteiger partial charge in [0.15, 0.2) is 5.65 Å². The zero-order valence-corrected chi connectivity index (χ0v) is 22.3. The Bertz CT molecular complexity index is 1310. The molecule has 4 aromatic rings. The van der Waals surface area contributed by atoms with Gasteiger partial charge in [-0.1, -0.05) is 78.0 Å². The summed E-state index contributed by atoms with van der Waals surface area (Å²) in [7, 11) is 0. The van der Waals surface area contributed by atoms with Crippen LogP contribution in [-0.2, 0) is 13.0 Å². The number of aliphatic hydroxyl groups is 1. The third-order valence-electron chi connectivity index (χ3n) is 5.75. The van der Waals surface area contributed by atoms with E-state index in [9.17, 15) is 5.11 Å². The van der Waals surface area contributed by atoms with Crippen molar-refractivity contribution < 1.29 is 5.11 Å². The minimum Gasteiger partial charge on any atom is -0.396 e. The molecule has 0 amide bonds. The highest BCUT2D eigenvalue weighted by atomic mass is 35.5. The number of benzene rings is 2. The van der Waals surface area contributed by atoms with Crippen molar-refractivity contribution in [2.45, 2.75) is 46.6 Å². The average Bonchev–Trinajstić information content (AvgIpc) is 3.14. The molecule has 0 radical (unpaired) electrons. The molecule has 2 heterocycles. The van der Waals surface area contributed by atoms with E-state index in [0.717, 1.165) is 35.3 Å². The van der Waals surface area contributed by atoms with Gasteiger partial charge in [0.1, 0.15) is 17.3 Å². The standard InChI is InChI=1S/C26H28Cl3N5O/c1-4-6-22-23-25(33(11-5-12-35)15-18-9-7-16(2)8-10-18)30-17(3)31-26(23)34(32-22)24-20(28)13-19(27)14-21(24)29/h7-10,13-14,35H,4-6,11-12,15H2,1-3H3. The first-order chi connectivity index (χ1) is 16.8. The summed E-state index contributed by atoms with van der Waals surface area (Å²) in [5.41, 5.74) is 4.41. The number of nitrogens with zero attached hydrogens (tertiary/aromatic N) is 5. The number of halogens is 3. The summed E-state index contributed by atoms with van der Waals surface area (Å²) < 4.78 is 1.70. The molecule has 0 saturated carbocycles. The SMILES string of the molecule is CCCc1nn(-c2c(Cl)cc(Cl)cc2Cl)c2nc(C)nc(N(CCCO)Cc3ccc(C)cc3)c12. The monoisotopic (exact) mass is 531 g/mol. The molecular formula is C26H28Cl3N5O. The summed E-state index contributed by atoms with van der Waals surface area (Å²) in [5.74, 6) is 1.40. The second kappa shape index (κ2) is 11.1. The van der Waals surface area contributed by atoms with Crippen LogP contribution in [0.3, 0.4) is 0 Å². The van der Waals surface area contributed by atoms with E-state index in [1.807, 2.05) is 6.92 Å². The molecule has 0 bridgehead atoms. The Morgan fingerprint density at radius 3 is 2.31 bits per heavy atom. The fraction of sp³-hybridized carbons (Fsp3) is 0.346. The highest BCUT2D eigenvalue weighted by molar-refractivity contribution is 6.40. The summed E-state index contributed by atoms with van der Waals surface area (Å²) in [6.07, 6.45) is 2.25. The van der Waals surface area contributed by atoms with Crippen molar-refractivity contribution in [2.75, 3.05) is 18.1 Å². The van der Waals surface area contributed by atoms with Crippen LogP contribution < -0.4 is 4.90 Å². The smallest absolute Gasteiger partial charge is 0.169 e. The lowest BCUT2D eigenvalue weighted by molar-refractivity contribution is 0.289. The highest BCUT2D eigenvalue weighted by Gasteiger charge is 2.24. The molecule has 0 aliphatic heterocycles. The predicted molar refractivity (Wildman–Crippen MR) is 144 cm³/mol. The van der Waals surface area contributed by atoms with E-state index in [1.54, 1.807) is 16.8 Å². The second-order valence-electron chi connectivity index (χ2n) is 8.60. The predicted octanol–water partition coefficient (Wildman–Crippen LogP) is 6.73. The maximum absolute atomic E-state index is 9.59. The fourth-order valence-corrected chi connectivity index (χ4v) is 5.12. The molecule has 9 heteroatoms. The van der Waals surface area contributed by atoms with E-state index in [1.165, 1.54) is 5.56 Å². The second-order valence-corrected chi connectivity index (χ2v) is 9.85. The van der Waals surface area contributed by atoms with Crippen molar-refractivity contribution in [1.82, 2.24) is 19.7 Å². The topological polar surface area (TPSA) is 67.1 Å². The van der Waals surface area contributed by atoms with Gasteiger partial charge in [0.05, 0.1) is 21.1 Å². The van der Waals surface area contributed by atoms with Gasteiger partial charge in [-0.25, -0.2) is 14.6 Å². The van der Waals surface area contributed by atoms with Crippen molar-refractivity contribution in [2.24, 2.45) is 0 Å². The molecule has 35 heavy (non-hydrogen) atoms. The fourth-order valence-electron chi connectivity index (χ4n) is 4.14. The molecule has 0 aliphatic carbocycles. The van der Waals surface area contributed by atoms with Crippen molar-refractivity contribution in [3.63, 3.8) is 0 Å². The van der Waals surface area contributed by atoms with Crippen LogP contribution in [0.2, 0.25) is 15.1 Å². The van der Waals surface area contributed by atoms with Crippen molar-refractivity contribution in [3.8, 4) is 5.69 Å². The van der Waals surface area contributed by atoms with Crippen LogP contribution in [0.15, 0.2) is 36.4 Å². The number of anilines is 1. The molecule has 0 fully saturated rings. The maximum Gasteiger partial charge on any atom is 0.169 e.